The van der Waals surface area contributed by atoms with Gasteiger partial charge in [-0.15, -0.1) is 10.2 Å². The third-order valence-corrected chi connectivity index (χ3v) is 2.98. The van der Waals surface area contributed by atoms with Gasteiger partial charge < -0.3 is 8.98 Å². The van der Waals surface area contributed by atoms with Crippen molar-refractivity contribution in [3.8, 4) is 0 Å². The molecule has 0 saturated carbocycles. The minimum absolute atomic E-state index is 0.232. The zero-order valence-corrected chi connectivity index (χ0v) is 10.3. The molecule has 0 aromatic carbocycles. The lowest BCUT2D eigenvalue weighted by atomic mass is 10.2. The number of furan rings is 1. The van der Waals surface area contributed by atoms with Crippen LogP contribution in [0.3, 0.4) is 0 Å². The summed E-state index contributed by atoms with van der Waals surface area (Å²) in [6, 6.07) is 4.18. The molecule has 0 unspecified atom stereocenters. The predicted octanol–water partition coefficient (Wildman–Crippen LogP) is 1.95. The summed E-state index contributed by atoms with van der Waals surface area (Å²) >= 11 is 0. The second kappa shape index (κ2) is 5.63. The molecule has 17 heavy (non-hydrogen) atoms. The zero-order chi connectivity index (χ0) is 12.1. The molecule has 0 bridgehead atoms. The van der Waals surface area contributed by atoms with E-state index in [1.54, 1.807) is 18.9 Å². The smallest absolute Gasteiger partial charge is 0.122 e. The molecule has 0 saturated heterocycles. The van der Waals surface area contributed by atoms with Crippen LogP contribution in [0.2, 0.25) is 0 Å². The Hall–Kier alpha value is -1.62. The van der Waals surface area contributed by atoms with Crippen LogP contribution in [-0.2, 0) is 6.54 Å². The lowest BCUT2D eigenvalue weighted by Gasteiger charge is -2.28. The number of rotatable bonds is 6. The fraction of sp³-hybridized carbons (Fsp3) is 0.500. The van der Waals surface area contributed by atoms with E-state index in [0.717, 1.165) is 25.4 Å². The van der Waals surface area contributed by atoms with E-state index in [4.69, 9.17) is 4.42 Å². The van der Waals surface area contributed by atoms with Crippen LogP contribution in [0, 0.1) is 0 Å². The van der Waals surface area contributed by atoms with Crippen LogP contribution in [0.1, 0.15) is 25.6 Å². The van der Waals surface area contributed by atoms with Gasteiger partial charge in [0.15, 0.2) is 0 Å². The number of likely N-dealkylation sites (N-methyl/N-ethyl adjacent to an activating group) is 1. The number of hydrogen-bond donors (Lipinski definition) is 0. The Morgan fingerprint density at radius 3 is 2.53 bits per heavy atom. The first-order chi connectivity index (χ1) is 8.35. The van der Waals surface area contributed by atoms with Crippen LogP contribution in [0.25, 0.3) is 0 Å². The average Bonchev–Trinajstić information content (AvgIpc) is 3.02. The van der Waals surface area contributed by atoms with Crippen molar-refractivity contribution < 1.29 is 4.42 Å². The molecule has 0 radical (unpaired) electrons. The summed E-state index contributed by atoms with van der Waals surface area (Å²) in [4.78, 5) is 2.36. The van der Waals surface area contributed by atoms with E-state index in [0.29, 0.717) is 0 Å². The topological polar surface area (TPSA) is 47.1 Å². The van der Waals surface area contributed by atoms with Crippen LogP contribution in [0.4, 0.5) is 0 Å². The molecule has 2 aromatic heterocycles. The molecule has 0 N–H and O–H groups in total. The van der Waals surface area contributed by atoms with Crippen molar-refractivity contribution in [2.45, 2.75) is 26.4 Å². The normalized spacial score (nSPS) is 13.1. The van der Waals surface area contributed by atoms with Gasteiger partial charge in [-0.3, -0.25) is 4.90 Å². The van der Waals surface area contributed by atoms with Crippen molar-refractivity contribution in [2.24, 2.45) is 0 Å². The van der Waals surface area contributed by atoms with Crippen molar-refractivity contribution in [1.29, 1.82) is 0 Å². The van der Waals surface area contributed by atoms with Crippen LogP contribution < -0.4 is 0 Å². The summed E-state index contributed by atoms with van der Waals surface area (Å²) in [6.07, 6.45) is 5.19. The molecule has 0 aliphatic rings. The van der Waals surface area contributed by atoms with Crippen molar-refractivity contribution in [2.75, 3.05) is 13.1 Å². The molecule has 0 spiro atoms. The molecular weight excluding hydrogens is 216 g/mol. The van der Waals surface area contributed by atoms with Crippen LogP contribution >= 0.6 is 0 Å². The first kappa shape index (κ1) is 11.9. The van der Waals surface area contributed by atoms with Crippen LogP contribution in [0.5, 0.6) is 0 Å². The maximum atomic E-state index is 5.53. The van der Waals surface area contributed by atoms with Gasteiger partial charge in [0.1, 0.15) is 18.4 Å². The number of aromatic nitrogens is 3. The van der Waals surface area contributed by atoms with Crippen molar-refractivity contribution >= 4 is 0 Å². The third-order valence-electron chi connectivity index (χ3n) is 2.98. The van der Waals surface area contributed by atoms with Gasteiger partial charge in [0.2, 0.25) is 0 Å². The molecule has 2 heterocycles. The molecule has 1 atom stereocenters. The van der Waals surface area contributed by atoms with E-state index in [9.17, 15) is 0 Å². The average molecular weight is 234 g/mol. The highest BCUT2D eigenvalue weighted by Gasteiger charge is 2.20. The highest BCUT2D eigenvalue weighted by Crippen LogP contribution is 2.22. The second-order valence-corrected chi connectivity index (χ2v) is 3.91. The lowest BCUT2D eigenvalue weighted by molar-refractivity contribution is 0.173. The Morgan fingerprint density at radius 1 is 1.29 bits per heavy atom. The Morgan fingerprint density at radius 2 is 2.00 bits per heavy atom. The minimum atomic E-state index is 0.232. The summed E-state index contributed by atoms with van der Waals surface area (Å²) in [5, 5.41) is 7.66. The number of nitrogens with zero attached hydrogens (tertiary/aromatic N) is 4. The van der Waals surface area contributed by atoms with Crippen LogP contribution in [-0.4, -0.2) is 32.8 Å². The minimum Gasteiger partial charge on any atom is -0.468 e. The SMILES string of the molecule is CCN(CC)[C@H](Cn1cnnc1)c1ccco1. The quantitative estimate of drug-likeness (QED) is 0.766. The zero-order valence-electron chi connectivity index (χ0n) is 10.3. The van der Waals surface area contributed by atoms with Gasteiger partial charge in [0, 0.05) is 6.54 Å². The molecule has 92 valence electrons. The van der Waals surface area contributed by atoms with Gasteiger partial charge >= 0.3 is 0 Å². The van der Waals surface area contributed by atoms with E-state index in [1.165, 1.54) is 0 Å². The summed E-state index contributed by atoms with van der Waals surface area (Å²) in [5.41, 5.74) is 0. The first-order valence-corrected chi connectivity index (χ1v) is 5.95. The van der Waals surface area contributed by atoms with Gasteiger partial charge in [-0.05, 0) is 25.2 Å². The molecule has 0 fully saturated rings. The largest absolute Gasteiger partial charge is 0.468 e. The fourth-order valence-electron chi connectivity index (χ4n) is 2.05. The monoisotopic (exact) mass is 234 g/mol. The fourth-order valence-corrected chi connectivity index (χ4v) is 2.05. The van der Waals surface area contributed by atoms with Crippen LogP contribution in [0.15, 0.2) is 35.5 Å². The Labute approximate surface area is 101 Å². The molecule has 2 rings (SSSR count). The van der Waals surface area contributed by atoms with E-state index in [2.05, 4.69) is 28.9 Å². The molecule has 0 aliphatic carbocycles. The summed E-state index contributed by atoms with van der Waals surface area (Å²) in [7, 11) is 0. The summed E-state index contributed by atoms with van der Waals surface area (Å²) < 4.78 is 7.51. The maximum absolute atomic E-state index is 5.53. The molecule has 0 amide bonds. The Balaban J connectivity index is 2.18. The van der Waals surface area contributed by atoms with Gasteiger partial charge in [0.25, 0.3) is 0 Å². The van der Waals surface area contributed by atoms with Gasteiger partial charge in [0.05, 0.1) is 12.3 Å². The Bertz CT molecular complexity index is 406. The standard InChI is InChI=1S/C12H18N4O/c1-3-16(4-2)11(12-6-5-7-17-12)8-15-9-13-14-10-15/h5-7,9-11H,3-4,8H2,1-2H3/t11-/m1/s1. The molecule has 5 nitrogen and oxygen atoms in total. The van der Waals surface area contributed by atoms with Crippen molar-refractivity contribution in [3.05, 3.63) is 36.8 Å². The molecular formula is C12H18N4O. The second-order valence-electron chi connectivity index (χ2n) is 3.91. The highest BCUT2D eigenvalue weighted by atomic mass is 16.3. The van der Waals surface area contributed by atoms with Gasteiger partial charge in [-0.2, -0.15) is 0 Å². The summed E-state index contributed by atoms with van der Waals surface area (Å²) in [5.74, 6) is 0.988. The Kier molecular flexibility index (Phi) is 3.93. The molecule has 2 aromatic rings. The predicted molar refractivity (Wildman–Crippen MR) is 64.4 cm³/mol. The van der Waals surface area contributed by atoms with Gasteiger partial charge in [-0.1, -0.05) is 13.8 Å². The van der Waals surface area contributed by atoms with E-state index >= 15 is 0 Å². The lowest BCUT2D eigenvalue weighted by Crippen LogP contribution is -2.31. The summed E-state index contributed by atoms with van der Waals surface area (Å²) in [6.45, 7) is 7.10. The first-order valence-electron chi connectivity index (χ1n) is 5.95. The van der Waals surface area contributed by atoms with Gasteiger partial charge in [-0.25, -0.2) is 0 Å². The highest BCUT2D eigenvalue weighted by molar-refractivity contribution is 5.04. The molecule has 0 aliphatic heterocycles. The maximum Gasteiger partial charge on any atom is 0.122 e. The molecule has 5 heteroatoms. The third kappa shape index (κ3) is 2.74. The number of hydrogen-bond acceptors (Lipinski definition) is 4. The van der Waals surface area contributed by atoms with E-state index < -0.39 is 0 Å². The van der Waals surface area contributed by atoms with E-state index in [1.807, 2.05) is 16.7 Å². The van der Waals surface area contributed by atoms with Crippen molar-refractivity contribution in [1.82, 2.24) is 19.7 Å². The van der Waals surface area contributed by atoms with E-state index in [-0.39, 0.29) is 6.04 Å². The van der Waals surface area contributed by atoms with Crippen molar-refractivity contribution in [3.63, 3.8) is 0 Å².